The number of aromatic nitrogens is 3. The van der Waals surface area contributed by atoms with E-state index >= 15 is 0 Å². The topological polar surface area (TPSA) is 240 Å². The summed E-state index contributed by atoms with van der Waals surface area (Å²) in [6.07, 6.45) is 25.2. The van der Waals surface area contributed by atoms with Crippen LogP contribution in [0.25, 0.3) is 32.7 Å². The van der Waals surface area contributed by atoms with Crippen LogP contribution in [0.5, 0.6) is 0 Å². The number of aryl methyl sites for hydroxylation is 3. The van der Waals surface area contributed by atoms with E-state index in [0.29, 0.717) is 0 Å². The first-order chi connectivity index (χ1) is 47.4. The first kappa shape index (κ1) is 86.9. The Morgan fingerprint density at radius 2 is 0.570 bits per heavy atom. The molecular formula is C78H126Cl3N9O8P2. The summed E-state index contributed by atoms with van der Waals surface area (Å²) in [4.78, 5) is 65.9. The van der Waals surface area contributed by atoms with Gasteiger partial charge in [0.1, 0.15) is 0 Å². The van der Waals surface area contributed by atoms with Crippen molar-refractivity contribution in [3.8, 4) is 0 Å². The van der Waals surface area contributed by atoms with E-state index in [1.54, 1.807) is 0 Å². The highest BCUT2D eigenvalue weighted by Crippen LogP contribution is 2.40. The van der Waals surface area contributed by atoms with Crippen molar-refractivity contribution in [2.45, 2.75) is 218 Å². The van der Waals surface area contributed by atoms with Crippen molar-refractivity contribution in [3.63, 3.8) is 0 Å². The fraction of sp³-hybridized carbons (Fsp3) is 0.654. The minimum absolute atomic E-state index is 0.765. The first-order valence-corrected chi connectivity index (χ1v) is 41.9. The van der Waals surface area contributed by atoms with Crippen LogP contribution in [0.15, 0.2) is 54.6 Å². The van der Waals surface area contributed by atoms with E-state index < -0.39 is 15.6 Å². The zero-order valence-electron chi connectivity index (χ0n) is 62.7. The summed E-state index contributed by atoms with van der Waals surface area (Å²) in [7, 11) is -9.28. The van der Waals surface area contributed by atoms with Crippen molar-refractivity contribution >= 4 is 100 Å². The van der Waals surface area contributed by atoms with E-state index in [4.69, 9.17) is 88.2 Å². The minimum atomic E-state index is -4.64. The number of hydrogen-bond donors (Lipinski definition) is 9. The molecule has 17 nitrogen and oxygen atoms in total. The number of benzene rings is 3. The molecule has 0 radical (unpaired) electrons. The van der Waals surface area contributed by atoms with Crippen LogP contribution in [0, 0.1) is 35.5 Å². The van der Waals surface area contributed by atoms with Gasteiger partial charge in [0.25, 0.3) is 0 Å². The van der Waals surface area contributed by atoms with Crippen LogP contribution in [0.4, 0.5) is 17.1 Å². The summed E-state index contributed by atoms with van der Waals surface area (Å²) in [6, 6.07) is 18.3. The number of phosphoric acid groups is 2. The molecular weight excluding hydrogens is 1360 g/mol. The van der Waals surface area contributed by atoms with Crippen molar-refractivity contribution < 1.29 is 38.5 Å². The zero-order chi connectivity index (χ0) is 73.5. The van der Waals surface area contributed by atoms with Gasteiger partial charge in [-0.1, -0.05) is 136 Å². The maximum Gasteiger partial charge on any atom is 0.466 e. The Morgan fingerprint density at radius 1 is 0.360 bits per heavy atom. The van der Waals surface area contributed by atoms with Crippen LogP contribution in [-0.2, 0) is 47.7 Å². The van der Waals surface area contributed by atoms with Gasteiger partial charge >= 0.3 is 15.6 Å². The Labute approximate surface area is 616 Å². The van der Waals surface area contributed by atoms with Crippen molar-refractivity contribution in [1.82, 2.24) is 29.7 Å². The predicted molar refractivity (Wildman–Crippen MR) is 424 cm³/mol. The number of halogens is 3. The molecule has 9 rings (SSSR count). The highest BCUT2D eigenvalue weighted by molar-refractivity contribution is 7.45. The fourth-order valence-electron chi connectivity index (χ4n) is 13.1. The molecule has 6 aromatic rings. The number of anilines is 3. The normalized spacial score (nSPS) is 13.9. The van der Waals surface area contributed by atoms with Gasteiger partial charge in [0.05, 0.1) is 48.7 Å². The average molecular weight is 1490 g/mol. The lowest BCUT2D eigenvalue weighted by molar-refractivity contribution is 0.243. The minimum Gasteiger partial charge on any atom is -0.384 e. The number of rotatable bonds is 33. The van der Waals surface area contributed by atoms with Crippen molar-refractivity contribution in [2.24, 2.45) is 35.5 Å². The van der Waals surface area contributed by atoms with E-state index in [2.05, 4.69) is 132 Å². The number of hydrogen-bond acceptors (Lipinski definition) is 11. The third kappa shape index (κ3) is 32.7. The lowest BCUT2D eigenvalue weighted by atomic mass is 9.92. The zero-order valence-corrected chi connectivity index (χ0v) is 66.8. The van der Waals surface area contributed by atoms with Crippen LogP contribution in [0.1, 0.15) is 213 Å². The summed E-state index contributed by atoms with van der Waals surface area (Å²) in [5.74, 6) is 4.59. The van der Waals surface area contributed by atoms with Gasteiger partial charge in [0, 0.05) is 52.9 Å². The van der Waals surface area contributed by atoms with Gasteiger partial charge in [0.2, 0.25) is 0 Å². The molecule has 9 N–H and O–H groups in total. The standard InChI is InChI=1S/3C26H40ClN3.2H3O4P/c3*1-19(2)13-17-30(18-14-20(3)4)16-8-15-28-26-21-9-5-6-11-23(21)29-24-12-7-10-22(27)25(24)26;2*1-5(2,3)4/h3*7,10,12,19-20H,5-6,8-9,11,13-18H2,1-4H3,(H,28,29);2*(H3,1,2,3,4). The van der Waals surface area contributed by atoms with Crippen molar-refractivity contribution in [2.75, 3.05) is 94.5 Å². The maximum absolute atomic E-state index is 8.88. The number of fused-ring (bicyclic) bond motifs is 6. The largest absolute Gasteiger partial charge is 0.466 e. The summed E-state index contributed by atoms with van der Waals surface area (Å²) in [6.45, 7) is 41.6. The molecule has 0 unspecified atom stereocenters. The van der Waals surface area contributed by atoms with Gasteiger partial charge in [-0.25, -0.2) is 9.13 Å². The Balaban J connectivity index is 0.000000252. The molecule has 100 heavy (non-hydrogen) atoms. The number of nitrogens with zero attached hydrogens (tertiary/aromatic N) is 6. The summed E-state index contributed by atoms with van der Waals surface area (Å²) in [5, 5.41) is 17.1. The molecule has 0 fully saturated rings. The summed E-state index contributed by atoms with van der Waals surface area (Å²) >= 11 is 19.9. The Hall–Kier alpha value is -3.74. The molecule has 3 aliphatic carbocycles. The Morgan fingerprint density at radius 3 is 0.780 bits per heavy atom. The number of nitrogens with one attached hydrogen (secondary N) is 3. The summed E-state index contributed by atoms with van der Waals surface area (Å²) < 4.78 is 17.8. The highest BCUT2D eigenvalue weighted by atomic mass is 35.5. The molecule has 0 spiro atoms. The van der Waals surface area contributed by atoms with Crippen LogP contribution < -0.4 is 16.0 Å². The van der Waals surface area contributed by atoms with Crippen LogP contribution in [0.3, 0.4) is 0 Å². The Kier molecular flexibility index (Phi) is 39.0. The van der Waals surface area contributed by atoms with Crippen LogP contribution >= 0.6 is 50.4 Å². The molecule has 3 aliphatic rings. The van der Waals surface area contributed by atoms with Gasteiger partial charge in [-0.15, -0.1) is 0 Å². The van der Waals surface area contributed by atoms with E-state index in [1.807, 2.05) is 36.4 Å². The van der Waals surface area contributed by atoms with Gasteiger partial charge in [-0.2, -0.15) is 0 Å². The maximum atomic E-state index is 8.88. The van der Waals surface area contributed by atoms with E-state index in [-0.39, 0.29) is 0 Å². The van der Waals surface area contributed by atoms with Gasteiger partial charge in [0.15, 0.2) is 0 Å². The smallest absolute Gasteiger partial charge is 0.384 e. The van der Waals surface area contributed by atoms with Crippen molar-refractivity contribution in [1.29, 1.82) is 0 Å². The van der Waals surface area contributed by atoms with Crippen LogP contribution in [0.2, 0.25) is 15.1 Å². The highest BCUT2D eigenvalue weighted by Gasteiger charge is 2.24. The summed E-state index contributed by atoms with van der Waals surface area (Å²) in [5.41, 5.74) is 14.8. The molecule has 3 heterocycles. The average Bonchev–Trinajstić information content (AvgIpc) is 0.785. The molecule has 0 bridgehead atoms. The van der Waals surface area contributed by atoms with Crippen molar-refractivity contribution in [3.05, 3.63) is 103 Å². The lowest BCUT2D eigenvalue weighted by Crippen LogP contribution is -2.30. The second-order valence-corrected chi connectivity index (χ2v) is 33.5. The first-order valence-electron chi connectivity index (χ1n) is 37.6. The van der Waals surface area contributed by atoms with E-state index in [9.17, 15) is 0 Å². The third-order valence-electron chi connectivity index (χ3n) is 18.7. The molecule has 0 atom stereocenters. The van der Waals surface area contributed by atoms with Gasteiger partial charge < -0.3 is 60.0 Å². The monoisotopic (exact) mass is 1480 g/mol. The van der Waals surface area contributed by atoms with Crippen LogP contribution in [-0.4, -0.2) is 138 Å². The number of pyridine rings is 3. The molecule has 0 saturated carbocycles. The second-order valence-electron chi connectivity index (χ2n) is 30.2. The SMILES string of the molecule is CC(C)CCN(CCCNc1c2c(nc3cccc(Cl)c13)CCCC2)CCC(C)C.CC(C)CCN(CCCNc1c2c(nc3cccc(Cl)c13)CCCC2)CCC(C)C.CC(C)CCN(CCCNc1c2c(nc3cccc(Cl)c13)CCCC2)CCC(C)C.O=P(O)(O)O.O=P(O)(O)O. The van der Waals surface area contributed by atoms with E-state index in [0.717, 1.165) is 180 Å². The molecule has 562 valence electrons. The fourth-order valence-corrected chi connectivity index (χ4v) is 13.9. The predicted octanol–water partition coefficient (Wildman–Crippen LogP) is 19.0. The quantitative estimate of drug-likeness (QED) is 0.0137. The molecule has 0 amide bonds. The molecule has 22 heteroatoms. The molecule has 3 aromatic carbocycles. The molecule has 3 aromatic heterocycles. The molecule has 0 aliphatic heterocycles. The van der Waals surface area contributed by atoms with Gasteiger partial charge in [-0.05, 0) is 282 Å². The van der Waals surface area contributed by atoms with E-state index in [1.165, 1.54) is 167 Å². The lowest BCUT2D eigenvalue weighted by Gasteiger charge is -2.25. The Bertz CT molecular complexity index is 3100. The van der Waals surface area contributed by atoms with Gasteiger partial charge in [-0.3, -0.25) is 15.0 Å². The second kappa shape index (κ2) is 44.9. The third-order valence-corrected chi connectivity index (χ3v) is 19.7. The molecule has 0 saturated heterocycles.